The van der Waals surface area contributed by atoms with E-state index >= 15 is 0 Å². The van der Waals surface area contributed by atoms with Crippen molar-refractivity contribution in [3.63, 3.8) is 0 Å². The smallest absolute Gasteiger partial charge is 0.307 e. The van der Waals surface area contributed by atoms with Crippen LogP contribution in [0.2, 0.25) is 0 Å². The molecule has 15 heavy (non-hydrogen) atoms. The van der Waals surface area contributed by atoms with Crippen LogP contribution in [-0.2, 0) is 11.8 Å². The lowest BCUT2D eigenvalue weighted by Crippen LogP contribution is -2.03. The minimum Gasteiger partial charge on any atom is -0.481 e. The first-order valence-corrected chi connectivity index (χ1v) is 5.08. The van der Waals surface area contributed by atoms with Gasteiger partial charge in [0.1, 0.15) is 0 Å². The molecule has 2 rings (SSSR count). The van der Waals surface area contributed by atoms with Crippen molar-refractivity contribution in [2.24, 2.45) is 18.4 Å². The van der Waals surface area contributed by atoms with Crippen molar-refractivity contribution in [1.82, 2.24) is 9.78 Å². The van der Waals surface area contributed by atoms with Gasteiger partial charge >= 0.3 is 5.97 Å². The quantitative estimate of drug-likeness (QED) is 0.802. The van der Waals surface area contributed by atoms with Crippen LogP contribution in [-0.4, -0.2) is 20.9 Å². The van der Waals surface area contributed by atoms with Crippen molar-refractivity contribution in [3.05, 3.63) is 17.5 Å². The van der Waals surface area contributed by atoms with Crippen molar-refractivity contribution >= 4 is 5.97 Å². The summed E-state index contributed by atoms with van der Waals surface area (Å²) in [5, 5.41) is 13.3. The number of carbonyl (C=O) groups is 1. The second-order valence-electron chi connectivity index (χ2n) is 4.92. The zero-order valence-corrected chi connectivity index (χ0v) is 9.48. The molecule has 0 spiro atoms. The third-order valence-electron chi connectivity index (χ3n) is 3.70. The molecule has 1 aromatic rings. The highest BCUT2D eigenvalue weighted by molar-refractivity contribution is 5.77. The van der Waals surface area contributed by atoms with Gasteiger partial charge in [0.2, 0.25) is 0 Å². The molecule has 1 aliphatic carbocycles. The summed E-state index contributed by atoms with van der Waals surface area (Å²) in [5.41, 5.74) is 2.01. The summed E-state index contributed by atoms with van der Waals surface area (Å²) in [7, 11) is 1.88. The first-order chi connectivity index (χ1) is 6.87. The number of rotatable bonds is 2. The second kappa shape index (κ2) is 2.84. The molecule has 0 radical (unpaired) electrons. The predicted molar refractivity (Wildman–Crippen MR) is 55.6 cm³/mol. The number of nitrogens with zero attached hydrogens (tertiary/aromatic N) is 2. The van der Waals surface area contributed by atoms with Gasteiger partial charge in [0.25, 0.3) is 0 Å². The molecule has 1 saturated carbocycles. The van der Waals surface area contributed by atoms with Crippen LogP contribution in [0.15, 0.2) is 6.20 Å². The number of hydrogen-bond acceptors (Lipinski definition) is 2. The summed E-state index contributed by atoms with van der Waals surface area (Å²) < 4.78 is 1.79. The number of carboxylic acids is 1. The van der Waals surface area contributed by atoms with Crippen molar-refractivity contribution in [1.29, 1.82) is 0 Å². The molecular formula is C11H16N2O2. The normalized spacial score (nSPS) is 27.7. The van der Waals surface area contributed by atoms with E-state index in [1.165, 1.54) is 0 Å². The fourth-order valence-electron chi connectivity index (χ4n) is 2.50. The average Bonchev–Trinajstić information content (AvgIpc) is 2.54. The molecule has 4 nitrogen and oxygen atoms in total. The van der Waals surface area contributed by atoms with E-state index in [1.807, 2.05) is 27.8 Å². The van der Waals surface area contributed by atoms with Crippen LogP contribution in [0.3, 0.4) is 0 Å². The van der Waals surface area contributed by atoms with E-state index in [9.17, 15) is 4.79 Å². The van der Waals surface area contributed by atoms with Gasteiger partial charge in [0.15, 0.2) is 0 Å². The Bertz CT molecular complexity index is 420. The van der Waals surface area contributed by atoms with E-state index in [1.54, 1.807) is 10.9 Å². The van der Waals surface area contributed by atoms with Crippen LogP contribution in [0.4, 0.5) is 0 Å². The Kier molecular flexibility index (Phi) is 1.93. The van der Waals surface area contributed by atoms with E-state index in [-0.39, 0.29) is 17.3 Å². The maximum Gasteiger partial charge on any atom is 0.307 e. The number of aryl methyl sites for hydroxylation is 1. The second-order valence-corrected chi connectivity index (χ2v) is 4.92. The van der Waals surface area contributed by atoms with Gasteiger partial charge in [-0.15, -0.1) is 0 Å². The van der Waals surface area contributed by atoms with Gasteiger partial charge < -0.3 is 5.11 Å². The highest BCUT2D eigenvalue weighted by Crippen LogP contribution is 2.64. The van der Waals surface area contributed by atoms with Crippen molar-refractivity contribution < 1.29 is 9.90 Å². The molecule has 1 aromatic heterocycles. The molecule has 2 atom stereocenters. The third-order valence-corrected chi connectivity index (χ3v) is 3.70. The summed E-state index contributed by atoms with van der Waals surface area (Å²) in [6.45, 7) is 5.99. The maximum atomic E-state index is 11.1. The van der Waals surface area contributed by atoms with Crippen molar-refractivity contribution in [3.8, 4) is 0 Å². The number of hydrogen-bond donors (Lipinski definition) is 1. The monoisotopic (exact) mass is 208 g/mol. The van der Waals surface area contributed by atoms with E-state index in [4.69, 9.17) is 5.11 Å². The maximum absolute atomic E-state index is 11.1. The van der Waals surface area contributed by atoms with Crippen LogP contribution in [0.1, 0.15) is 31.0 Å². The molecular weight excluding hydrogens is 192 g/mol. The molecule has 0 aliphatic heterocycles. The van der Waals surface area contributed by atoms with Crippen LogP contribution >= 0.6 is 0 Å². The topological polar surface area (TPSA) is 55.1 Å². The molecule has 1 N–H and O–H groups in total. The Labute approximate surface area is 88.9 Å². The third kappa shape index (κ3) is 1.28. The highest BCUT2D eigenvalue weighted by atomic mass is 16.4. The minimum absolute atomic E-state index is 0.115. The molecule has 0 bridgehead atoms. The van der Waals surface area contributed by atoms with Gasteiger partial charge in [-0.3, -0.25) is 9.48 Å². The first kappa shape index (κ1) is 10.2. The zero-order valence-electron chi connectivity index (χ0n) is 9.48. The number of aliphatic carboxylic acids is 1. The van der Waals surface area contributed by atoms with Crippen LogP contribution in [0.25, 0.3) is 0 Å². The van der Waals surface area contributed by atoms with E-state index < -0.39 is 5.97 Å². The lowest BCUT2D eigenvalue weighted by Gasteiger charge is -2.01. The van der Waals surface area contributed by atoms with Gasteiger partial charge in [-0.25, -0.2) is 0 Å². The Morgan fingerprint density at radius 2 is 2.20 bits per heavy atom. The van der Waals surface area contributed by atoms with E-state index in [2.05, 4.69) is 5.10 Å². The standard InChI is InChI=1S/C11H16N2O2/c1-6-7(5-12-13(6)4)8-9(10(14)15)11(8,2)3/h5,8-9H,1-4H3,(H,14,15). The zero-order chi connectivity index (χ0) is 11.4. The SMILES string of the molecule is Cc1c(C2C(C(=O)O)C2(C)C)cnn1C. The summed E-state index contributed by atoms with van der Waals surface area (Å²) in [4.78, 5) is 11.1. The van der Waals surface area contributed by atoms with Gasteiger partial charge in [0.05, 0.1) is 12.1 Å². The van der Waals surface area contributed by atoms with Gasteiger partial charge in [0, 0.05) is 18.7 Å². The lowest BCUT2D eigenvalue weighted by molar-refractivity contribution is -0.139. The Hall–Kier alpha value is -1.32. The molecule has 1 fully saturated rings. The van der Waals surface area contributed by atoms with Crippen LogP contribution < -0.4 is 0 Å². The molecule has 1 aliphatic rings. The predicted octanol–water partition coefficient (Wildman–Crippen LogP) is 1.55. The molecule has 0 amide bonds. The molecule has 0 aromatic carbocycles. The Morgan fingerprint density at radius 1 is 1.60 bits per heavy atom. The largest absolute Gasteiger partial charge is 0.481 e. The summed E-state index contributed by atoms with van der Waals surface area (Å²) in [6, 6.07) is 0. The van der Waals surface area contributed by atoms with Crippen molar-refractivity contribution in [2.75, 3.05) is 0 Å². The molecule has 4 heteroatoms. The molecule has 2 unspecified atom stereocenters. The van der Waals surface area contributed by atoms with Gasteiger partial charge in [-0.2, -0.15) is 5.10 Å². The van der Waals surface area contributed by atoms with E-state index in [0.29, 0.717) is 0 Å². The summed E-state index contributed by atoms with van der Waals surface area (Å²) in [5.74, 6) is -0.850. The summed E-state index contributed by atoms with van der Waals surface area (Å²) in [6.07, 6.45) is 1.80. The molecule has 1 heterocycles. The summed E-state index contributed by atoms with van der Waals surface area (Å²) >= 11 is 0. The fraction of sp³-hybridized carbons (Fsp3) is 0.636. The van der Waals surface area contributed by atoms with Gasteiger partial charge in [-0.05, 0) is 17.9 Å². The van der Waals surface area contributed by atoms with Crippen molar-refractivity contribution in [2.45, 2.75) is 26.7 Å². The minimum atomic E-state index is -0.701. The number of carboxylic acid groups (broad SMARTS) is 1. The van der Waals surface area contributed by atoms with E-state index in [0.717, 1.165) is 11.3 Å². The Morgan fingerprint density at radius 3 is 2.53 bits per heavy atom. The van der Waals surface area contributed by atoms with Crippen LogP contribution in [0, 0.1) is 18.3 Å². The van der Waals surface area contributed by atoms with Crippen LogP contribution in [0.5, 0.6) is 0 Å². The Balaban J connectivity index is 2.35. The first-order valence-electron chi connectivity index (χ1n) is 5.08. The van der Waals surface area contributed by atoms with Gasteiger partial charge in [-0.1, -0.05) is 13.8 Å². The fourth-order valence-corrected chi connectivity index (χ4v) is 2.50. The highest BCUT2D eigenvalue weighted by Gasteiger charge is 2.63. The molecule has 0 saturated heterocycles. The average molecular weight is 208 g/mol. The lowest BCUT2D eigenvalue weighted by atomic mass is 10.0. The molecule has 82 valence electrons. The number of aromatic nitrogens is 2.